The van der Waals surface area contributed by atoms with Crippen molar-refractivity contribution in [1.82, 2.24) is 19.7 Å². The first-order valence-corrected chi connectivity index (χ1v) is 9.64. The van der Waals surface area contributed by atoms with Gasteiger partial charge in [0, 0.05) is 5.56 Å². The molecule has 0 spiro atoms. The van der Waals surface area contributed by atoms with Crippen LogP contribution in [-0.4, -0.2) is 19.7 Å². The van der Waals surface area contributed by atoms with E-state index in [4.69, 9.17) is 4.42 Å². The summed E-state index contributed by atoms with van der Waals surface area (Å²) < 4.78 is 34.0. The quantitative estimate of drug-likeness (QED) is 0.387. The lowest BCUT2D eigenvalue weighted by molar-refractivity contribution is 0.0715. The second kappa shape index (κ2) is 7.35. The fraction of sp³-hybridized carbons (Fsp3) is 0.250. The van der Waals surface area contributed by atoms with E-state index in [2.05, 4.69) is 21.2 Å². The molecule has 0 amide bonds. The molecule has 1 atom stereocenters. The summed E-state index contributed by atoms with van der Waals surface area (Å²) in [6.07, 6.45) is 0. The van der Waals surface area contributed by atoms with Gasteiger partial charge in [-0.25, -0.2) is 4.98 Å². The van der Waals surface area contributed by atoms with Crippen molar-refractivity contribution in [2.75, 3.05) is 0 Å². The fourth-order valence-corrected chi connectivity index (χ4v) is 4.02. The largest absolute Gasteiger partial charge is 0.411 e. The van der Waals surface area contributed by atoms with Gasteiger partial charge in [0.15, 0.2) is 0 Å². The van der Waals surface area contributed by atoms with Gasteiger partial charge in [-0.15, -0.1) is 10.2 Å². The van der Waals surface area contributed by atoms with Gasteiger partial charge in [0.1, 0.15) is 5.82 Å². The first-order chi connectivity index (χ1) is 13.4. The Morgan fingerprint density at radius 1 is 1.04 bits per heavy atom. The minimum Gasteiger partial charge on any atom is -0.411 e. The van der Waals surface area contributed by atoms with Gasteiger partial charge < -0.3 is 4.42 Å². The average molecular weight is 400 g/mol. The van der Waals surface area contributed by atoms with E-state index in [9.17, 15) is 8.78 Å². The summed E-state index contributed by atoms with van der Waals surface area (Å²) in [5.74, 6) is 0.677. The zero-order valence-electron chi connectivity index (χ0n) is 15.6. The van der Waals surface area contributed by atoms with E-state index in [0.717, 1.165) is 21.3 Å². The van der Waals surface area contributed by atoms with E-state index in [-0.39, 0.29) is 5.82 Å². The van der Waals surface area contributed by atoms with Crippen molar-refractivity contribution in [1.29, 1.82) is 0 Å². The molecule has 5 nitrogen and oxygen atoms in total. The van der Waals surface area contributed by atoms with Gasteiger partial charge in [0.05, 0.1) is 16.3 Å². The molecule has 0 aliphatic heterocycles. The highest BCUT2D eigenvalue weighted by molar-refractivity contribution is 7.99. The molecule has 4 aromatic rings. The summed E-state index contributed by atoms with van der Waals surface area (Å²) in [7, 11) is 0. The first kappa shape index (κ1) is 18.6. The minimum atomic E-state index is -2.68. The number of aromatic nitrogens is 4. The van der Waals surface area contributed by atoms with Crippen LogP contribution in [0.2, 0.25) is 0 Å². The molecule has 2 aromatic heterocycles. The number of para-hydroxylation sites is 2. The van der Waals surface area contributed by atoms with Crippen molar-refractivity contribution in [3.8, 4) is 11.5 Å². The number of hydrogen-bond acceptors (Lipinski definition) is 5. The maximum atomic E-state index is 13.7. The molecule has 28 heavy (non-hydrogen) atoms. The molecule has 1 unspecified atom stereocenters. The highest BCUT2D eigenvalue weighted by Gasteiger charge is 2.24. The van der Waals surface area contributed by atoms with E-state index in [1.54, 1.807) is 31.2 Å². The standard InChI is InChI=1S/C20H18F2N4OS/c1-11-8-12(2)10-14(9-11)18-24-25-20(27-18)28-13(3)17-23-15-6-4-5-7-16(15)26(17)19(21)22/h4-10,13,19H,1-3H3. The topological polar surface area (TPSA) is 56.7 Å². The Balaban J connectivity index is 1.63. The number of hydrogen-bond donors (Lipinski definition) is 0. The summed E-state index contributed by atoms with van der Waals surface area (Å²) in [4.78, 5) is 4.39. The lowest BCUT2D eigenvalue weighted by Crippen LogP contribution is -2.06. The number of halogens is 2. The van der Waals surface area contributed by atoms with Crippen molar-refractivity contribution < 1.29 is 13.2 Å². The number of benzene rings is 2. The summed E-state index contributed by atoms with van der Waals surface area (Å²) in [5.41, 5.74) is 3.97. The number of aryl methyl sites for hydroxylation is 2. The van der Waals surface area contributed by atoms with Crippen LogP contribution in [0.25, 0.3) is 22.5 Å². The van der Waals surface area contributed by atoms with Gasteiger partial charge >= 0.3 is 6.55 Å². The molecule has 0 aliphatic rings. The van der Waals surface area contributed by atoms with E-state index in [1.807, 2.05) is 26.0 Å². The van der Waals surface area contributed by atoms with Crippen molar-refractivity contribution in [2.24, 2.45) is 0 Å². The van der Waals surface area contributed by atoms with Gasteiger partial charge in [0.2, 0.25) is 5.89 Å². The van der Waals surface area contributed by atoms with E-state index in [0.29, 0.717) is 22.1 Å². The van der Waals surface area contributed by atoms with E-state index >= 15 is 0 Å². The van der Waals surface area contributed by atoms with Gasteiger partial charge in [0.25, 0.3) is 5.22 Å². The summed E-state index contributed by atoms with van der Waals surface area (Å²) in [5, 5.41) is 8.09. The van der Waals surface area contributed by atoms with Crippen LogP contribution in [0.4, 0.5) is 8.78 Å². The molecule has 2 aromatic carbocycles. The van der Waals surface area contributed by atoms with Crippen molar-refractivity contribution in [3.05, 3.63) is 59.4 Å². The molecule has 0 radical (unpaired) electrons. The van der Waals surface area contributed by atoms with Gasteiger partial charge in [-0.2, -0.15) is 8.78 Å². The second-order valence-electron chi connectivity index (χ2n) is 6.62. The smallest absolute Gasteiger partial charge is 0.320 e. The Labute approximate surface area is 164 Å². The van der Waals surface area contributed by atoms with Gasteiger partial charge in [-0.1, -0.05) is 41.1 Å². The molecule has 0 saturated carbocycles. The molecule has 0 N–H and O–H groups in total. The SMILES string of the molecule is Cc1cc(C)cc(-c2nnc(SC(C)c3nc4ccccc4n3C(F)F)o2)c1. The molecule has 0 bridgehead atoms. The predicted octanol–water partition coefficient (Wildman–Crippen LogP) is 5.95. The van der Waals surface area contributed by atoms with Crippen LogP contribution in [0.15, 0.2) is 52.1 Å². The maximum Gasteiger partial charge on any atom is 0.320 e. The Hall–Kier alpha value is -2.74. The van der Waals surface area contributed by atoms with Crippen LogP contribution < -0.4 is 0 Å². The number of alkyl halides is 2. The molecule has 144 valence electrons. The summed E-state index contributed by atoms with van der Waals surface area (Å²) in [6.45, 7) is 3.11. The average Bonchev–Trinajstić information content (AvgIpc) is 3.25. The highest BCUT2D eigenvalue weighted by Crippen LogP contribution is 2.37. The van der Waals surface area contributed by atoms with Crippen LogP contribution in [0.1, 0.15) is 35.7 Å². The number of imidazole rings is 1. The number of thioether (sulfide) groups is 1. The highest BCUT2D eigenvalue weighted by atomic mass is 32.2. The van der Waals surface area contributed by atoms with Crippen molar-refractivity contribution in [3.63, 3.8) is 0 Å². The zero-order valence-corrected chi connectivity index (χ0v) is 16.4. The Morgan fingerprint density at radius 2 is 1.75 bits per heavy atom. The van der Waals surface area contributed by atoms with Gasteiger partial charge in [-0.3, -0.25) is 4.57 Å². The lowest BCUT2D eigenvalue weighted by atomic mass is 10.1. The molecular weight excluding hydrogens is 382 g/mol. The van der Waals surface area contributed by atoms with E-state index in [1.165, 1.54) is 11.8 Å². The van der Waals surface area contributed by atoms with Crippen LogP contribution in [0.3, 0.4) is 0 Å². The molecule has 0 aliphatic carbocycles. The van der Waals surface area contributed by atoms with Crippen molar-refractivity contribution in [2.45, 2.75) is 37.8 Å². The molecular formula is C20H18F2N4OS. The Kier molecular flexibility index (Phi) is 4.89. The maximum absolute atomic E-state index is 13.7. The molecule has 4 rings (SSSR count). The molecule has 8 heteroatoms. The van der Waals surface area contributed by atoms with Gasteiger partial charge in [-0.05, 0) is 45.0 Å². The molecule has 0 fully saturated rings. The molecule has 0 saturated heterocycles. The third kappa shape index (κ3) is 3.52. The number of rotatable bonds is 5. The van der Waals surface area contributed by atoms with Crippen LogP contribution in [0, 0.1) is 13.8 Å². The normalized spacial score (nSPS) is 12.8. The summed E-state index contributed by atoms with van der Waals surface area (Å²) in [6, 6.07) is 12.9. The predicted molar refractivity (Wildman–Crippen MR) is 104 cm³/mol. The monoisotopic (exact) mass is 400 g/mol. The Morgan fingerprint density at radius 3 is 2.46 bits per heavy atom. The lowest BCUT2D eigenvalue weighted by Gasteiger charge is -2.11. The minimum absolute atomic E-state index is 0.271. The third-order valence-electron chi connectivity index (χ3n) is 4.33. The van der Waals surface area contributed by atoms with Crippen LogP contribution >= 0.6 is 11.8 Å². The van der Waals surface area contributed by atoms with Crippen molar-refractivity contribution >= 4 is 22.8 Å². The third-order valence-corrected chi connectivity index (χ3v) is 5.27. The zero-order chi connectivity index (χ0) is 19.8. The molecule has 2 heterocycles. The fourth-order valence-electron chi connectivity index (χ4n) is 3.23. The van der Waals surface area contributed by atoms with Crippen LogP contribution in [-0.2, 0) is 0 Å². The second-order valence-corrected chi connectivity index (χ2v) is 7.91. The summed E-state index contributed by atoms with van der Waals surface area (Å²) >= 11 is 1.21. The Bertz CT molecular complexity index is 1120. The number of fused-ring (bicyclic) bond motifs is 1. The first-order valence-electron chi connectivity index (χ1n) is 8.76. The van der Waals surface area contributed by atoms with Crippen LogP contribution in [0.5, 0.6) is 0 Å². The number of nitrogens with zero attached hydrogens (tertiary/aromatic N) is 4. The van der Waals surface area contributed by atoms with E-state index < -0.39 is 11.8 Å².